The van der Waals surface area contributed by atoms with E-state index in [1.54, 1.807) is 30.3 Å². The monoisotopic (exact) mass is 574 g/mol. The molecule has 222 valence electrons. The van der Waals surface area contributed by atoms with Gasteiger partial charge in [0.2, 0.25) is 0 Å². The third-order valence-corrected chi connectivity index (χ3v) is 8.53. The van der Waals surface area contributed by atoms with Crippen LogP contribution in [-0.4, -0.2) is 53.4 Å². The minimum atomic E-state index is -0.261. The number of imidazole rings is 1. The van der Waals surface area contributed by atoms with Crippen molar-refractivity contribution in [3.05, 3.63) is 106 Å². The maximum absolute atomic E-state index is 13.0. The van der Waals surface area contributed by atoms with Crippen LogP contribution in [0.15, 0.2) is 71.5 Å². The van der Waals surface area contributed by atoms with Crippen LogP contribution in [0, 0.1) is 23.5 Å². The first-order chi connectivity index (χ1) is 20.4. The van der Waals surface area contributed by atoms with Crippen molar-refractivity contribution in [3.63, 3.8) is 0 Å². The number of nitrogens with one attached hydrogen (secondary N) is 3. The minimum Gasteiger partial charge on any atom is -0.317 e. The maximum atomic E-state index is 13.0. The topological polar surface area (TPSA) is 81.0 Å². The predicted octanol–water partition coefficient (Wildman–Crippen LogP) is 5.89. The smallest absolute Gasteiger partial charge is 0.317 e. The van der Waals surface area contributed by atoms with Crippen LogP contribution in [0.1, 0.15) is 53.6 Å². The van der Waals surface area contributed by atoms with Gasteiger partial charge >= 0.3 is 5.69 Å². The number of carbonyl (C=O) groups excluding carboxylic acids is 1. The Morgan fingerprint density at radius 1 is 0.738 bits per heavy atom. The van der Waals surface area contributed by atoms with Gasteiger partial charge in [0.15, 0.2) is 5.78 Å². The number of ketones is 1. The molecule has 2 fully saturated rings. The summed E-state index contributed by atoms with van der Waals surface area (Å²) in [5.74, 6) is 1.16. The number of benzene rings is 3. The number of carbonyl (C=O) groups is 1. The van der Waals surface area contributed by atoms with E-state index in [1.165, 1.54) is 36.1 Å². The molecule has 42 heavy (non-hydrogen) atoms. The molecule has 2 saturated heterocycles. The van der Waals surface area contributed by atoms with E-state index in [1.807, 2.05) is 24.3 Å². The van der Waals surface area contributed by atoms with E-state index in [0.717, 1.165) is 64.3 Å². The van der Waals surface area contributed by atoms with Crippen molar-refractivity contribution in [2.45, 2.75) is 44.9 Å². The fraction of sp³-hybridized carbons (Fsp3) is 0.412. The zero-order valence-electron chi connectivity index (χ0n) is 24.0. The van der Waals surface area contributed by atoms with Crippen molar-refractivity contribution in [1.82, 2.24) is 20.2 Å². The predicted molar refractivity (Wildman–Crippen MR) is 163 cm³/mol. The maximum Gasteiger partial charge on any atom is 0.323 e. The first-order valence-corrected chi connectivity index (χ1v) is 15.1. The summed E-state index contributed by atoms with van der Waals surface area (Å²) in [6.07, 6.45) is 7.26. The van der Waals surface area contributed by atoms with E-state index in [4.69, 9.17) is 0 Å². The number of fused-ring (bicyclic) bond motifs is 1. The molecule has 8 heteroatoms. The molecule has 6 rings (SSSR count). The number of hydrogen-bond acceptors (Lipinski definition) is 4. The molecule has 2 aliphatic rings. The van der Waals surface area contributed by atoms with Crippen LogP contribution < -0.4 is 11.0 Å². The highest BCUT2D eigenvalue weighted by atomic mass is 19.1. The lowest BCUT2D eigenvalue weighted by atomic mass is 9.90. The number of aromatic amines is 2. The van der Waals surface area contributed by atoms with E-state index in [9.17, 15) is 18.4 Å². The summed E-state index contributed by atoms with van der Waals surface area (Å²) >= 11 is 0. The molecule has 0 atom stereocenters. The Hall–Kier alpha value is -3.62. The van der Waals surface area contributed by atoms with Gasteiger partial charge in [-0.1, -0.05) is 24.3 Å². The van der Waals surface area contributed by atoms with Gasteiger partial charge in [0.25, 0.3) is 0 Å². The highest BCUT2D eigenvalue weighted by molar-refractivity contribution is 5.98. The van der Waals surface area contributed by atoms with Crippen molar-refractivity contribution >= 4 is 16.8 Å². The number of H-pyrrole nitrogens is 2. The summed E-state index contributed by atoms with van der Waals surface area (Å²) in [7, 11) is 0. The van der Waals surface area contributed by atoms with E-state index >= 15 is 0 Å². The Morgan fingerprint density at radius 2 is 1.29 bits per heavy atom. The molecule has 4 aromatic rings. The van der Waals surface area contributed by atoms with E-state index < -0.39 is 0 Å². The Kier molecular flexibility index (Phi) is 10.3. The highest BCUT2D eigenvalue weighted by Crippen LogP contribution is 2.23. The van der Waals surface area contributed by atoms with Crippen LogP contribution in [0.25, 0.3) is 11.0 Å². The van der Waals surface area contributed by atoms with Gasteiger partial charge in [-0.05, 0) is 130 Å². The zero-order chi connectivity index (χ0) is 29.3. The van der Waals surface area contributed by atoms with Gasteiger partial charge in [0.05, 0.1) is 11.0 Å². The molecular weight excluding hydrogens is 534 g/mol. The molecule has 0 amide bonds. The number of halogens is 2. The van der Waals surface area contributed by atoms with Gasteiger partial charge in [-0.2, -0.15) is 0 Å². The lowest BCUT2D eigenvalue weighted by Crippen LogP contribution is -2.35. The normalized spacial score (nSPS) is 16.7. The summed E-state index contributed by atoms with van der Waals surface area (Å²) in [6, 6.07) is 19.0. The van der Waals surface area contributed by atoms with Crippen molar-refractivity contribution < 1.29 is 13.6 Å². The largest absolute Gasteiger partial charge is 0.323 e. The Bertz CT molecular complexity index is 1480. The molecule has 3 aromatic carbocycles. The van der Waals surface area contributed by atoms with Crippen molar-refractivity contribution in [2.75, 3.05) is 32.7 Å². The van der Waals surface area contributed by atoms with Crippen LogP contribution >= 0.6 is 0 Å². The van der Waals surface area contributed by atoms with Gasteiger partial charge in [0, 0.05) is 18.5 Å². The molecular formula is C34H40F2N4O2. The van der Waals surface area contributed by atoms with Gasteiger partial charge in [0.1, 0.15) is 11.6 Å². The fourth-order valence-corrected chi connectivity index (χ4v) is 6.02. The molecule has 3 N–H and O–H groups in total. The average Bonchev–Trinajstić information content (AvgIpc) is 3.39. The number of hydrogen-bond donors (Lipinski definition) is 3. The molecule has 0 spiro atoms. The SMILES string of the molecule is Fc1ccc(CC2CCNCC2)cc1.O=C(CCN1CCC(Cc2ccc(F)cc2)CC1)c1ccc2[nH]c(=O)[nH]c2c1. The molecule has 0 saturated carbocycles. The number of rotatable bonds is 8. The second kappa shape index (κ2) is 14.5. The first-order valence-electron chi connectivity index (χ1n) is 15.1. The minimum absolute atomic E-state index is 0.0948. The second-order valence-corrected chi connectivity index (χ2v) is 11.7. The molecule has 0 aliphatic carbocycles. The molecule has 3 heterocycles. The molecule has 2 aliphatic heterocycles. The summed E-state index contributed by atoms with van der Waals surface area (Å²) in [5.41, 5.74) is 4.20. The van der Waals surface area contributed by atoms with Gasteiger partial charge < -0.3 is 20.2 Å². The van der Waals surface area contributed by atoms with Crippen LogP contribution in [0.2, 0.25) is 0 Å². The number of aromatic nitrogens is 2. The van der Waals surface area contributed by atoms with Gasteiger partial charge in [-0.25, -0.2) is 13.6 Å². The molecule has 1 aromatic heterocycles. The summed E-state index contributed by atoms with van der Waals surface area (Å²) in [6.45, 7) is 4.99. The number of nitrogens with zero attached hydrogens (tertiary/aromatic N) is 1. The van der Waals surface area contributed by atoms with Gasteiger partial charge in [-0.3, -0.25) is 4.79 Å². The average molecular weight is 575 g/mol. The standard InChI is InChI=1S/C22H24FN3O2.C12H16FN/c23-18-4-1-15(2-5-18)13-16-7-10-26(11-8-16)12-9-21(27)17-3-6-19-20(14-17)25-22(28)24-19;13-12-3-1-10(2-4-12)9-11-5-7-14-8-6-11/h1-6,14,16H,7-13H2,(H2,24,25,28);1-4,11,14H,5-9H2. The Balaban J connectivity index is 0.000000211. The number of likely N-dealkylation sites (tertiary alicyclic amines) is 1. The Labute approximate surface area is 245 Å². The van der Waals surface area contributed by atoms with Crippen LogP contribution in [-0.2, 0) is 12.8 Å². The van der Waals surface area contributed by atoms with Crippen LogP contribution in [0.4, 0.5) is 8.78 Å². The van der Waals surface area contributed by atoms with Crippen molar-refractivity contribution in [3.8, 4) is 0 Å². The second-order valence-electron chi connectivity index (χ2n) is 11.7. The zero-order valence-corrected chi connectivity index (χ0v) is 24.0. The van der Waals surface area contributed by atoms with Crippen LogP contribution in [0.5, 0.6) is 0 Å². The van der Waals surface area contributed by atoms with E-state index in [0.29, 0.717) is 28.9 Å². The molecule has 6 nitrogen and oxygen atoms in total. The first kappa shape index (κ1) is 29.9. The third-order valence-electron chi connectivity index (χ3n) is 8.53. The van der Waals surface area contributed by atoms with E-state index in [-0.39, 0.29) is 23.1 Å². The highest BCUT2D eigenvalue weighted by Gasteiger charge is 2.20. The lowest BCUT2D eigenvalue weighted by molar-refractivity contribution is 0.0951. The molecule has 0 radical (unpaired) electrons. The summed E-state index contributed by atoms with van der Waals surface area (Å²) in [4.78, 5) is 31.6. The molecule has 0 unspecified atom stereocenters. The van der Waals surface area contributed by atoms with Crippen molar-refractivity contribution in [2.24, 2.45) is 11.8 Å². The summed E-state index contributed by atoms with van der Waals surface area (Å²) < 4.78 is 25.7. The quantitative estimate of drug-likeness (QED) is 0.229. The molecule has 0 bridgehead atoms. The third kappa shape index (κ3) is 8.69. The number of piperidine rings is 2. The lowest BCUT2D eigenvalue weighted by Gasteiger charge is -2.31. The van der Waals surface area contributed by atoms with Crippen LogP contribution in [0.3, 0.4) is 0 Å². The Morgan fingerprint density at radius 3 is 1.88 bits per heavy atom. The fourth-order valence-electron chi connectivity index (χ4n) is 6.02. The summed E-state index contributed by atoms with van der Waals surface area (Å²) in [5, 5.41) is 3.35. The van der Waals surface area contributed by atoms with E-state index in [2.05, 4.69) is 20.2 Å². The number of Topliss-reactive ketones (excluding diaryl/α,β-unsaturated/α-hetero) is 1. The van der Waals surface area contributed by atoms with Crippen molar-refractivity contribution in [1.29, 1.82) is 0 Å². The van der Waals surface area contributed by atoms with Gasteiger partial charge in [-0.15, -0.1) is 0 Å².